The Bertz CT molecular complexity index is 699. The second-order valence-electron chi connectivity index (χ2n) is 5.38. The Kier molecular flexibility index (Phi) is 5.89. The molecule has 0 aliphatic rings. The van der Waals surface area contributed by atoms with Crippen LogP contribution in [-0.2, 0) is 22.4 Å². The van der Waals surface area contributed by atoms with E-state index in [1.54, 1.807) is 31.4 Å². The molecule has 126 valence electrons. The van der Waals surface area contributed by atoms with Gasteiger partial charge >= 0.3 is 0 Å². The number of rotatable bonds is 7. The van der Waals surface area contributed by atoms with Crippen LogP contribution in [-0.4, -0.2) is 25.0 Å². The van der Waals surface area contributed by atoms with Crippen LogP contribution in [0.1, 0.15) is 11.1 Å². The molecule has 0 heterocycles. The van der Waals surface area contributed by atoms with Crippen LogP contribution in [0.5, 0.6) is 5.75 Å². The minimum atomic E-state index is -0.814. The number of hydrogen-bond acceptors (Lipinski definition) is 3. The van der Waals surface area contributed by atoms with E-state index in [-0.39, 0.29) is 24.6 Å². The summed E-state index contributed by atoms with van der Waals surface area (Å²) in [5.41, 5.74) is 6.88. The first-order valence-corrected chi connectivity index (χ1v) is 7.44. The number of nitrogens with two attached hydrogens (primary N) is 1. The van der Waals surface area contributed by atoms with Crippen molar-refractivity contribution in [1.82, 2.24) is 5.32 Å². The van der Waals surface area contributed by atoms with Gasteiger partial charge in [-0.1, -0.05) is 24.3 Å². The second kappa shape index (κ2) is 8.10. The van der Waals surface area contributed by atoms with Gasteiger partial charge in [-0.2, -0.15) is 0 Å². The van der Waals surface area contributed by atoms with Crippen LogP contribution in [0, 0.1) is 5.82 Å². The molecule has 2 rings (SSSR count). The topological polar surface area (TPSA) is 81.4 Å². The van der Waals surface area contributed by atoms with Gasteiger partial charge in [-0.05, 0) is 35.4 Å². The van der Waals surface area contributed by atoms with Crippen molar-refractivity contribution in [2.75, 3.05) is 7.11 Å². The Morgan fingerprint density at radius 3 is 2.21 bits per heavy atom. The van der Waals surface area contributed by atoms with Gasteiger partial charge in [-0.3, -0.25) is 9.59 Å². The predicted molar refractivity (Wildman–Crippen MR) is 87.9 cm³/mol. The molecule has 3 N–H and O–H groups in total. The summed E-state index contributed by atoms with van der Waals surface area (Å²) in [6.07, 6.45) is 0.334. The maximum atomic E-state index is 12.9. The Balaban J connectivity index is 1.97. The highest BCUT2D eigenvalue weighted by Gasteiger charge is 2.18. The number of primary amides is 1. The monoisotopic (exact) mass is 330 g/mol. The molecule has 2 amide bonds. The number of amides is 2. The Morgan fingerprint density at radius 1 is 1.08 bits per heavy atom. The van der Waals surface area contributed by atoms with Crippen molar-refractivity contribution in [3.8, 4) is 5.75 Å². The Hall–Kier alpha value is -2.89. The molecule has 0 bridgehead atoms. The van der Waals surface area contributed by atoms with Gasteiger partial charge in [0.2, 0.25) is 11.8 Å². The fourth-order valence-electron chi connectivity index (χ4n) is 2.25. The van der Waals surface area contributed by atoms with Gasteiger partial charge in [0.05, 0.1) is 13.5 Å². The largest absolute Gasteiger partial charge is 0.497 e. The van der Waals surface area contributed by atoms with E-state index in [0.717, 1.165) is 5.56 Å². The Morgan fingerprint density at radius 2 is 1.67 bits per heavy atom. The van der Waals surface area contributed by atoms with Crippen molar-refractivity contribution in [3.63, 3.8) is 0 Å². The summed E-state index contributed by atoms with van der Waals surface area (Å²) in [6, 6.07) is 12.0. The van der Waals surface area contributed by atoms with E-state index < -0.39 is 11.9 Å². The molecule has 0 aliphatic carbocycles. The highest BCUT2D eigenvalue weighted by molar-refractivity contribution is 5.87. The van der Waals surface area contributed by atoms with E-state index >= 15 is 0 Å². The van der Waals surface area contributed by atoms with Crippen molar-refractivity contribution in [2.45, 2.75) is 18.9 Å². The maximum absolute atomic E-state index is 12.9. The minimum absolute atomic E-state index is 0.0483. The molecule has 2 aromatic carbocycles. The molecule has 0 aliphatic heterocycles. The zero-order valence-corrected chi connectivity index (χ0v) is 13.3. The quantitative estimate of drug-likeness (QED) is 0.809. The average Bonchev–Trinajstić information content (AvgIpc) is 2.57. The minimum Gasteiger partial charge on any atom is -0.497 e. The van der Waals surface area contributed by atoms with Crippen molar-refractivity contribution in [1.29, 1.82) is 0 Å². The van der Waals surface area contributed by atoms with Crippen LogP contribution in [0.3, 0.4) is 0 Å². The van der Waals surface area contributed by atoms with Crippen LogP contribution in [0.25, 0.3) is 0 Å². The molecular weight excluding hydrogens is 311 g/mol. The molecule has 0 saturated carbocycles. The van der Waals surface area contributed by atoms with E-state index in [9.17, 15) is 14.0 Å². The molecule has 0 unspecified atom stereocenters. The van der Waals surface area contributed by atoms with Gasteiger partial charge in [0.1, 0.15) is 17.6 Å². The molecule has 0 aromatic heterocycles. The summed E-state index contributed by atoms with van der Waals surface area (Å²) in [5, 5.41) is 2.62. The lowest BCUT2D eigenvalue weighted by atomic mass is 10.0. The zero-order chi connectivity index (χ0) is 17.5. The van der Waals surface area contributed by atoms with Crippen molar-refractivity contribution >= 4 is 11.8 Å². The first kappa shape index (κ1) is 17.5. The molecule has 5 nitrogen and oxygen atoms in total. The van der Waals surface area contributed by atoms with E-state index in [0.29, 0.717) is 11.3 Å². The van der Waals surface area contributed by atoms with E-state index in [1.165, 1.54) is 24.3 Å². The summed E-state index contributed by atoms with van der Waals surface area (Å²) in [7, 11) is 1.57. The molecule has 0 fully saturated rings. The second-order valence-corrected chi connectivity index (χ2v) is 5.38. The third kappa shape index (κ3) is 5.08. The molecular formula is C18H19FN2O3. The Labute approximate surface area is 139 Å². The first-order chi connectivity index (χ1) is 11.5. The maximum Gasteiger partial charge on any atom is 0.240 e. The van der Waals surface area contributed by atoms with Crippen LogP contribution >= 0.6 is 0 Å². The van der Waals surface area contributed by atoms with Crippen molar-refractivity contribution < 1.29 is 18.7 Å². The van der Waals surface area contributed by atoms with Gasteiger partial charge in [-0.15, -0.1) is 0 Å². The lowest BCUT2D eigenvalue weighted by Crippen LogP contribution is -2.46. The summed E-state index contributed by atoms with van der Waals surface area (Å²) < 4.78 is 17.9. The lowest BCUT2D eigenvalue weighted by Gasteiger charge is -2.16. The standard InChI is InChI=1S/C18H19FN2O3/c1-24-15-8-4-12(5-9-15)10-16(18(20)23)21-17(22)11-13-2-6-14(19)7-3-13/h2-9,16H,10-11H2,1H3,(H2,20,23)(H,21,22)/t16-/m1/s1. The third-order valence-corrected chi connectivity index (χ3v) is 3.56. The van der Waals surface area contributed by atoms with Gasteiger partial charge in [0.15, 0.2) is 0 Å². The number of carbonyl (C=O) groups is 2. The molecule has 0 radical (unpaired) electrons. The summed E-state index contributed by atoms with van der Waals surface area (Å²) in [5.74, 6) is -0.624. The summed E-state index contributed by atoms with van der Waals surface area (Å²) in [4.78, 5) is 23.7. The van der Waals surface area contributed by atoms with Crippen LogP contribution in [0.4, 0.5) is 4.39 Å². The number of carbonyl (C=O) groups excluding carboxylic acids is 2. The number of benzene rings is 2. The number of nitrogens with one attached hydrogen (secondary N) is 1. The smallest absolute Gasteiger partial charge is 0.240 e. The fraction of sp³-hybridized carbons (Fsp3) is 0.222. The summed E-state index contributed by atoms with van der Waals surface area (Å²) in [6.45, 7) is 0. The van der Waals surface area contributed by atoms with E-state index in [2.05, 4.69) is 5.32 Å². The number of ether oxygens (including phenoxy) is 1. The molecule has 2 aromatic rings. The zero-order valence-electron chi connectivity index (χ0n) is 13.3. The molecule has 0 saturated heterocycles. The van der Waals surface area contributed by atoms with Gasteiger partial charge < -0.3 is 15.8 Å². The summed E-state index contributed by atoms with van der Waals surface area (Å²) >= 11 is 0. The molecule has 1 atom stereocenters. The van der Waals surface area contributed by atoms with Crippen LogP contribution in [0.15, 0.2) is 48.5 Å². The first-order valence-electron chi connectivity index (χ1n) is 7.44. The lowest BCUT2D eigenvalue weighted by molar-refractivity contribution is -0.127. The van der Waals surface area contributed by atoms with Crippen LogP contribution < -0.4 is 15.8 Å². The van der Waals surface area contributed by atoms with E-state index in [4.69, 9.17) is 10.5 Å². The van der Waals surface area contributed by atoms with E-state index in [1.807, 2.05) is 0 Å². The molecule has 0 spiro atoms. The van der Waals surface area contributed by atoms with Crippen molar-refractivity contribution in [2.24, 2.45) is 5.73 Å². The SMILES string of the molecule is COc1ccc(C[C@@H](NC(=O)Cc2ccc(F)cc2)C(N)=O)cc1. The van der Waals surface area contributed by atoms with Gasteiger partial charge in [0, 0.05) is 6.42 Å². The van der Waals surface area contributed by atoms with Gasteiger partial charge in [0.25, 0.3) is 0 Å². The third-order valence-electron chi connectivity index (χ3n) is 3.56. The number of hydrogen-bond donors (Lipinski definition) is 2. The highest BCUT2D eigenvalue weighted by atomic mass is 19.1. The number of halogens is 1. The van der Waals surface area contributed by atoms with Crippen LogP contribution in [0.2, 0.25) is 0 Å². The number of methoxy groups -OCH3 is 1. The normalized spacial score (nSPS) is 11.6. The van der Waals surface area contributed by atoms with Gasteiger partial charge in [-0.25, -0.2) is 4.39 Å². The highest BCUT2D eigenvalue weighted by Crippen LogP contribution is 2.13. The molecule has 6 heteroatoms. The van der Waals surface area contributed by atoms with Crippen molar-refractivity contribution in [3.05, 3.63) is 65.5 Å². The predicted octanol–water partition coefficient (Wildman–Crippen LogP) is 1.59. The molecule has 24 heavy (non-hydrogen) atoms. The fourth-order valence-corrected chi connectivity index (χ4v) is 2.25. The average molecular weight is 330 g/mol.